The molecule has 0 spiro atoms. The van der Waals surface area contributed by atoms with E-state index >= 15 is 0 Å². The van der Waals surface area contributed by atoms with Crippen molar-refractivity contribution in [2.24, 2.45) is 5.92 Å². The standard InChI is InChI=1S/C20H20N6O/c27-20(24-9-6-15-4-1-2-5-16(15)11-24)17-12-25(13-17)18-10-19(22-14-21-18)26-8-3-7-23-26/h1-5,7-8,10,14,17H,6,9,11-13H2. The summed E-state index contributed by atoms with van der Waals surface area (Å²) in [5, 5.41) is 4.20. The lowest BCUT2D eigenvalue weighted by Gasteiger charge is -2.42. The summed E-state index contributed by atoms with van der Waals surface area (Å²) in [6.45, 7) is 2.94. The van der Waals surface area contributed by atoms with Crippen molar-refractivity contribution in [3.63, 3.8) is 0 Å². The van der Waals surface area contributed by atoms with Crippen molar-refractivity contribution in [1.29, 1.82) is 0 Å². The minimum absolute atomic E-state index is 0.0402. The van der Waals surface area contributed by atoms with E-state index in [1.165, 1.54) is 11.1 Å². The fraction of sp³-hybridized carbons (Fsp3) is 0.300. The van der Waals surface area contributed by atoms with Crippen LogP contribution in [0, 0.1) is 5.92 Å². The molecule has 0 saturated carbocycles. The molecule has 7 nitrogen and oxygen atoms in total. The van der Waals surface area contributed by atoms with Crippen molar-refractivity contribution < 1.29 is 4.79 Å². The Morgan fingerprint density at radius 3 is 2.67 bits per heavy atom. The summed E-state index contributed by atoms with van der Waals surface area (Å²) >= 11 is 0. The lowest BCUT2D eigenvalue weighted by molar-refractivity contribution is -0.137. The Hall–Kier alpha value is -3.22. The Bertz CT molecular complexity index is 964. The summed E-state index contributed by atoms with van der Waals surface area (Å²) in [6.07, 6.45) is 6.06. The maximum Gasteiger partial charge on any atom is 0.229 e. The van der Waals surface area contributed by atoms with Gasteiger partial charge in [-0.05, 0) is 23.6 Å². The number of hydrogen-bond acceptors (Lipinski definition) is 5. The number of nitrogens with zero attached hydrogens (tertiary/aromatic N) is 6. The van der Waals surface area contributed by atoms with Gasteiger partial charge in [0, 0.05) is 44.6 Å². The highest BCUT2D eigenvalue weighted by Gasteiger charge is 2.37. The van der Waals surface area contributed by atoms with Crippen LogP contribution in [0.5, 0.6) is 0 Å². The third-order valence-corrected chi connectivity index (χ3v) is 5.37. The van der Waals surface area contributed by atoms with E-state index in [1.54, 1.807) is 17.2 Å². The van der Waals surface area contributed by atoms with Crippen LogP contribution in [0.2, 0.25) is 0 Å². The molecule has 5 rings (SSSR count). The zero-order chi connectivity index (χ0) is 18.2. The summed E-state index contributed by atoms with van der Waals surface area (Å²) < 4.78 is 1.71. The zero-order valence-electron chi connectivity index (χ0n) is 14.9. The molecule has 2 aliphatic heterocycles. The molecule has 2 aromatic heterocycles. The third kappa shape index (κ3) is 2.95. The van der Waals surface area contributed by atoms with Crippen molar-refractivity contribution in [1.82, 2.24) is 24.6 Å². The Morgan fingerprint density at radius 2 is 1.85 bits per heavy atom. The Morgan fingerprint density at radius 1 is 1.04 bits per heavy atom. The average Bonchev–Trinajstić information content (AvgIpc) is 3.21. The highest BCUT2D eigenvalue weighted by Crippen LogP contribution is 2.27. The number of hydrogen-bond donors (Lipinski definition) is 0. The van der Waals surface area contributed by atoms with Gasteiger partial charge < -0.3 is 9.80 Å². The summed E-state index contributed by atoms with van der Waals surface area (Å²) in [5.74, 6) is 1.86. The van der Waals surface area contributed by atoms with Crippen LogP contribution in [0.4, 0.5) is 5.82 Å². The molecule has 136 valence electrons. The van der Waals surface area contributed by atoms with Crippen molar-refractivity contribution in [3.05, 3.63) is 66.2 Å². The minimum Gasteiger partial charge on any atom is -0.355 e. The van der Waals surface area contributed by atoms with Gasteiger partial charge in [0.1, 0.15) is 12.1 Å². The van der Waals surface area contributed by atoms with Crippen LogP contribution in [-0.4, -0.2) is 50.2 Å². The van der Waals surface area contributed by atoms with Gasteiger partial charge in [0.25, 0.3) is 0 Å². The van der Waals surface area contributed by atoms with Gasteiger partial charge in [0.15, 0.2) is 5.82 Å². The van der Waals surface area contributed by atoms with Crippen LogP contribution >= 0.6 is 0 Å². The molecule has 2 aliphatic rings. The molecule has 0 atom stereocenters. The predicted molar refractivity (Wildman–Crippen MR) is 100 cm³/mol. The van der Waals surface area contributed by atoms with Gasteiger partial charge in [-0.15, -0.1) is 0 Å². The first kappa shape index (κ1) is 16.0. The van der Waals surface area contributed by atoms with Gasteiger partial charge in [-0.2, -0.15) is 5.10 Å². The molecule has 27 heavy (non-hydrogen) atoms. The summed E-state index contributed by atoms with van der Waals surface area (Å²) in [4.78, 5) is 25.6. The lowest BCUT2D eigenvalue weighted by atomic mass is 9.95. The average molecular weight is 360 g/mol. The van der Waals surface area contributed by atoms with Gasteiger partial charge >= 0.3 is 0 Å². The number of anilines is 1. The predicted octanol–water partition coefficient (Wildman–Crippen LogP) is 1.68. The Labute approximate surface area is 157 Å². The number of carbonyl (C=O) groups is 1. The maximum atomic E-state index is 12.9. The zero-order valence-corrected chi connectivity index (χ0v) is 14.9. The highest BCUT2D eigenvalue weighted by molar-refractivity contribution is 5.82. The van der Waals surface area contributed by atoms with E-state index in [1.807, 2.05) is 29.3 Å². The van der Waals surface area contributed by atoms with Crippen molar-refractivity contribution in [3.8, 4) is 5.82 Å². The summed E-state index contributed by atoms with van der Waals surface area (Å²) in [5.41, 5.74) is 2.64. The molecule has 1 amide bonds. The smallest absolute Gasteiger partial charge is 0.229 e. The van der Waals surface area contributed by atoms with Crippen molar-refractivity contribution in [2.75, 3.05) is 24.5 Å². The van der Waals surface area contributed by atoms with E-state index in [-0.39, 0.29) is 11.8 Å². The molecule has 0 radical (unpaired) electrons. The number of aromatic nitrogens is 4. The first-order chi connectivity index (χ1) is 13.3. The fourth-order valence-electron chi connectivity index (χ4n) is 3.80. The molecule has 0 unspecified atom stereocenters. The number of rotatable bonds is 3. The van der Waals surface area contributed by atoms with E-state index in [0.29, 0.717) is 13.1 Å². The molecular formula is C20H20N6O. The van der Waals surface area contributed by atoms with E-state index in [2.05, 4.69) is 38.2 Å². The molecule has 1 aromatic carbocycles. The van der Waals surface area contributed by atoms with E-state index in [0.717, 1.165) is 31.1 Å². The fourth-order valence-corrected chi connectivity index (χ4v) is 3.80. The number of benzene rings is 1. The number of carbonyl (C=O) groups excluding carboxylic acids is 1. The largest absolute Gasteiger partial charge is 0.355 e. The topological polar surface area (TPSA) is 67.2 Å². The second-order valence-corrected chi connectivity index (χ2v) is 7.07. The quantitative estimate of drug-likeness (QED) is 0.711. The summed E-state index contributed by atoms with van der Waals surface area (Å²) in [7, 11) is 0. The Kier molecular flexibility index (Phi) is 3.85. The third-order valence-electron chi connectivity index (χ3n) is 5.37. The first-order valence-corrected chi connectivity index (χ1v) is 9.20. The lowest BCUT2D eigenvalue weighted by Crippen LogP contribution is -2.55. The van der Waals surface area contributed by atoms with E-state index in [9.17, 15) is 4.79 Å². The SMILES string of the molecule is O=C(C1CN(c2cc(-n3cccn3)ncn2)C1)N1CCc2ccccc2C1. The molecule has 0 aliphatic carbocycles. The van der Waals surface area contributed by atoms with Crippen LogP contribution in [0.1, 0.15) is 11.1 Å². The molecular weight excluding hydrogens is 340 g/mol. The summed E-state index contributed by atoms with van der Waals surface area (Å²) in [6, 6.07) is 12.2. The van der Waals surface area contributed by atoms with Gasteiger partial charge in [-0.3, -0.25) is 4.79 Å². The first-order valence-electron chi connectivity index (χ1n) is 9.20. The molecule has 3 aromatic rings. The van der Waals surface area contributed by atoms with Gasteiger partial charge in [-0.1, -0.05) is 24.3 Å². The van der Waals surface area contributed by atoms with Gasteiger partial charge in [-0.25, -0.2) is 14.6 Å². The monoisotopic (exact) mass is 360 g/mol. The van der Waals surface area contributed by atoms with E-state index in [4.69, 9.17) is 0 Å². The molecule has 1 fully saturated rings. The number of fused-ring (bicyclic) bond motifs is 1. The van der Waals surface area contributed by atoms with Crippen molar-refractivity contribution in [2.45, 2.75) is 13.0 Å². The minimum atomic E-state index is 0.0402. The van der Waals surface area contributed by atoms with E-state index < -0.39 is 0 Å². The second kappa shape index (κ2) is 6.50. The van der Waals surface area contributed by atoms with Crippen LogP contribution in [0.15, 0.2) is 55.1 Å². The molecule has 4 heterocycles. The van der Waals surface area contributed by atoms with Gasteiger partial charge in [0.05, 0.1) is 5.92 Å². The van der Waals surface area contributed by atoms with Crippen molar-refractivity contribution >= 4 is 11.7 Å². The Balaban J connectivity index is 1.24. The number of amides is 1. The normalized spacial score (nSPS) is 16.7. The van der Waals surface area contributed by atoms with Gasteiger partial charge in [0.2, 0.25) is 5.91 Å². The van der Waals surface area contributed by atoms with Crippen LogP contribution in [-0.2, 0) is 17.8 Å². The molecule has 0 bridgehead atoms. The highest BCUT2D eigenvalue weighted by atomic mass is 16.2. The molecule has 7 heteroatoms. The van der Waals surface area contributed by atoms with Crippen LogP contribution in [0.25, 0.3) is 5.82 Å². The maximum absolute atomic E-state index is 12.9. The second-order valence-electron chi connectivity index (χ2n) is 7.07. The molecule has 0 N–H and O–H groups in total. The van der Waals surface area contributed by atoms with Crippen LogP contribution < -0.4 is 4.90 Å². The van der Waals surface area contributed by atoms with Crippen LogP contribution in [0.3, 0.4) is 0 Å². The molecule has 1 saturated heterocycles.